The third-order valence-corrected chi connectivity index (χ3v) is 4.59. The SMILES string of the molecule is CCCCOc1ccccc1C(=O)Nc1cccc(C(=O)Nc2cccc(Cl)c2)c1. The molecule has 0 aromatic heterocycles. The smallest absolute Gasteiger partial charge is 0.259 e. The van der Waals surface area contributed by atoms with E-state index in [1.807, 2.05) is 6.07 Å². The van der Waals surface area contributed by atoms with Gasteiger partial charge in [-0.05, 0) is 55.0 Å². The third-order valence-electron chi connectivity index (χ3n) is 4.35. The summed E-state index contributed by atoms with van der Waals surface area (Å²) in [5, 5.41) is 6.17. The number of unbranched alkanes of at least 4 members (excludes halogenated alkanes) is 1. The average Bonchev–Trinajstić information content (AvgIpc) is 2.74. The van der Waals surface area contributed by atoms with Crippen LogP contribution < -0.4 is 15.4 Å². The molecule has 154 valence electrons. The summed E-state index contributed by atoms with van der Waals surface area (Å²) in [5.74, 6) is -0.0514. The molecule has 3 rings (SSSR count). The third kappa shape index (κ3) is 5.84. The van der Waals surface area contributed by atoms with Crippen molar-refractivity contribution in [2.24, 2.45) is 0 Å². The Morgan fingerprint density at radius 1 is 0.867 bits per heavy atom. The van der Waals surface area contributed by atoms with E-state index in [4.69, 9.17) is 16.3 Å². The second-order valence-electron chi connectivity index (χ2n) is 6.70. The summed E-state index contributed by atoms with van der Waals surface area (Å²) >= 11 is 5.96. The molecule has 0 radical (unpaired) electrons. The number of amides is 2. The molecule has 0 aliphatic carbocycles. The number of para-hydroxylation sites is 1. The summed E-state index contributed by atoms with van der Waals surface area (Å²) in [6.45, 7) is 2.64. The van der Waals surface area contributed by atoms with Crippen molar-refractivity contribution in [2.75, 3.05) is 17.2 Å². The Balaban J connectivity index is 1.71. The van der Waals surface area contributed by atoms with Gasteiger partial charge in [-0.1, -0.05) is 49.2 Å². The Hall–Kier alpha value is -3.31. The molecule has 3 aromatic rings. The minimum atomic E-state index is -0.297. The van der Waals surface area contributed by atoms with Crippen molar-refractivity contribution < 1.29 is 14.3 Å². The van der Waals surface area contributed by atoms with E-state index in [-0.39, 0.29) is 11.8 Å². The van der Waals surface area contributed by atoms with Gasteiger partial charge in [0.25, 0.3) is 11.8 Å². The topological polar surface area (TPSA) is 67.4 Å². The summed E-state index contributed by atoms with van der Waals surface area (Å²) < 4.78 is 5.74. The molecular weight excluding hydrogens is 400 g/mol. The van der Waals surface area contributed by atoms with Gasteiger partial charge < -0.3 is 15.4 Å². The maximum absolute atomic E-state index is 12.8. The number of nitrogens with one attached hydrogen (secondary N) is 2. The minimum Gasteiger partial charge on any atom is -0.493 e. The zero-order valence-corrected chi connectivity index (χ0v) is 17.4. The van der Waals surface area contributed by atoms with Crippen LogP contribution in [-0.4, -0.2) is 18.4 Å². The number of carbonyl (C=O) groups is 2. The predicted octanol–water partition coefficient (Wildman–Crippen LogP) is 6.02. The predicted molar refractivity (Wildman–Crippen MR) is 121 cm³/mol. The van der Waals surface area contributed by atoms with E-state index in [0.717, 1.165) is 12.8 Å². The quantitative estimate of drug-likeness (QED) is 0.436. The van der Waals surface area contributed by atoms with Crippen LogP contribution in [0.3, 0.4) is 0 Å². The van der Waals surface area contributed by atoms with E-state index >= 15 is 0 Å². The summed E-state index contributed by atoms with van der Waals surface area (Å²) in [4.78, 5) is 25.3. The minimum absolute atomic E-state index is 0.295. The van der Waals surface area contributed by atoms with Gasteiger partial charge >= 0.3 is 0 Å². The van der Waals surface area contributed by atoms with Crippen LogP contribution in [-0.2, 0) is 0 Å². The molecule has 0 fully saturated rings. The van der Waals surface area contributed by atoms with Crippen LogP contribution in [0.5, 0.6) is 5.75 Å². The van der Waals surface area contributed by atoms with E-state index in [9.17, 15) is 9.59 Å². The number of hydrogen-bond donors (Lipinski definition) is 2. The van der Waals surface area contributed by atoms with Gasteiger partial charge in [0.1, 0.15) is 5.75 Å². The zero-order chi connectivity index (χ0) is 21.3. The summed E-state index contributed by atoms with van der Waals surface area (Å²) in [6, 6.07) is 20.8. The van der Waals surface area contributed by atoms with E-state index in [1.165, 1.54) is 0 Å². The van der Waals surface area contributed by atoms with Crippen molar-refractivity contribution in [1.29, 1.82) is 0 Å². The van der Waals surface area contributed by atoms with Gasteiger partial charge in [-0.2, -0.15) is 0 Å². The van der Waals surface area contributed by atoms with Crippen molar-refractivity contribution in [3.63, 3.8) is 0 Å². The number of anilines is 2. The highest BCUT2D eigenvalue weighted by atomic mass is 35.5. The molecule has 30 heavy (non-hydrogen) atoms. The van der Waals surface area contributed by atoms with E-state index in [2.05, 4.69) is 17.6 Å². The second-order valence-corrected chi connectivity index (χ2v) is 7.13. The number of halogens is 1. The average molecular weight is 423 g/mol. The monoisotopic (exact) mass is 422 g/mol. The molecule has 2 N–H and O–H groups in total. The Morgan fingerprint density at radius 3 is 2.33 bits per heavy atom. The standard InChI is InChI=1S/C24H23ClN2O3/c1-2-3-14-30-22-13-5-4-12-21(22)24(29)27-19-10-6-8-17(15-19)23(28)26-20-11-7-9-18(25)16-20/h4-13,15-16H,2-3,14H2,1H3,(H,26,28)(H,27,29). The first kappa shape index (κ1) is 21.4. The summed E-state index contributed by atoms with van der Waals surface area (Å²) in [7, 11) is 0. The molecule has 0 atom stereocenters. The molecule has 0 saturated carbocycles. The van der Waals surface area contributed by atoms with Crippen LogP contribution in [0.2, 0.25) is 5.02 Å². The number of rotatable bonds is 8. The molecule has 0 aliphatic rings. The van der Waals surface area contributed by atoms with Gasteiger partial charge in [0, 0.05) is 22.0 Å². The number of carbonyl (C=O) groups excluding carboxylic acids is 2. The Kier molecular flexibility index (Phi) is 7.46. The van der Waals surface area contributed by atoms with Crippen LogP contribution in [0.15, 0.2) is 72.8 Å². The van der Waals surface area contributed by atoms with Gasteiger partial charge in [-0.15, -0.1) is 0 Å². The van der Waals surface area contributed by atoms with E-state index < -0.39 is 0 Å². The highest BCUT2D eigenvalue weighted by Crippen LogP contribution is 2.21. The molecule has 2 amide bonds. The first-order valence-electron chi connectivity index (χ1n) is 9.77. The number of hydrogen-bond acceptors (Lipinski definition) is 3. The summed E-state index contributed by atoms with van der Waals surface area (Å²) in [5.41, 5.74) is 1.98. The molecular formula is C24H23ClN2O3. The van der Waals surface area contributed by atoms with Gasteiger partial charge in [-0.3, -0.25) is 9.59 Å². The fourth-order valence-corrected chi connectivity index (χ4v) is 3.00. The van der Waals surface area contributed by atoms with Gasteiger partial charge in [0.05, 0.1) is 12.2 Å². The second kappa shape index (κ2) is 10.5. The molecule has 0 unspecified atom stereocenters. The van der Waals surface area contributed by atoms with E-state index in [1.54, 1.807) is 66.7 Å². The fourth-order valence-electron chi connectivity index (χ4n) is 2.81. The van der Waals surface area contributed by atoms with Gasteiger partial charge in [0.2, 0.25) is 0 Å². The Labute approximate surface area is 181 Å². The number of benzene rings is 3. The fraction of sp³-hybridized carbons (Fsp3) is 0.167. The molecule has 0 heterocycles. The van der Waals surface area contributed by atoms with Gasteiger partial charge in [-0.25, -0.2) is 0 Å². The maximum atomic E-state index is 12.8. The molecule has 6 heteroatoms. The van der Waals surface area contributed by atoms with Crippen molar-refractivity contribution in [3.05, 3.63) is 88.9 Å². The van der Waals surface area contributed by atoms with Crippen LogP contribution in [0.4, 0.5) is 11.4 Å². The number of ether oxygens (including phenoxy) is 1. The van der Waals surface area contributed by atoms with Crippen LogP contribution in [0.1, 0.15) is 40.5 Å². The van der Waals surface area contributed by atoms with Crippen LogP contribution in [0, 0.1) is 0 Å². The lowest BCUT2D eigenvalue weighted by Crippen LogP contribution is -2.15. The maximum Gasteiger partial charge on any atom is 0.259 e. The molecule has 5 nitrogen and oxygen atoms in total. The first-order chi connectivity index (χ1) is 14.6. The molecule has 0 bridgehead atoms. The molecule has 0 saturated heterocycles. The highest BCUT2D eigenvalue weighted by molar-refractivity contribution is 6.31. The van der Waals surface area contributed by atoms with Crippen molar-refractivity contribution in [2.45, 2.75) is 19.8 Å². The normalized spacial score (nSPS) is 10.3. The van der Waals surface area contributed by atoms with Crippen LogP contribution in [0.25, 0.3) is 0 Å². The Morgan fingerprint density at radius 2 is 1.57 bits per heavy atom. The van der Waals surface area contributed by atoms with E-state index in [0.29, 0.717) is 39.9 Å². The largest absolute Gasteiger partial charge is 0.493 e. The lowest BCUT2D eigenvalue weighted by Gasteiger charge is -2.12. The highest BCUT2D eigenvalue weighted by Gasteiger charge is 2.14. The summed E-state index contributed by atoms with van der Waals surface area (Å²) in [6.07, 6.45) is 1.93. The van der Waals surface area contributed by atoms with Crippen molar-refractivity contribution in [1.82, 2.24) is 0 Å². The lowest BCUT2D eigenvalue weighted by molar-refractivity contribution is 0.101. The molecule has 3 aromatic carbocycles. The Bertz CT molecular complexity index is 1040. The first-order valence-corrected chi connectivity index (χ1v) is 10.1. The molecule has 0 spiro atoms. The van der Waals surface area contributed by atoms with Crippen molar-refractivity contribution in [3.8, 4) is 5.75 Å². The zero-order valence-electron chi connectivity index (χ0n) is 16.7. The lowest BCUT2D eigenvalue weighted by atomic mass is 10.1. The van der Waals surface area contributed by atoms with Crippen LogP contribution >= 0.6 is 11.6 Å². The van der Waals surface area contributed by atoms with Crippen molar-refractivity contribution >= 4 is 34.8 Å². The molecule has 0 aliphatic heterocycles. The van der Waals surface area contributed by atoms with Gasteiger partial charge in [0.15, 0.2) is 0 Å².